The molecule has 0 aliphatic rings. The fourth-order valence-corrected chi connectivity index (χ4v) is 2.38. The van der Waals surface area contributed by atoms with Crippen LogP contribution in [0.5, 0.6) is 5.88 Å². The summed E-state index contributed by atoms with van der Waals surface area (Å²) in [7, 11) is 0. The molecule has 1 unspecified atom stereocenters. The van der Waals surface area contributed by atoms with E-state index in [1.807, 2.05) is 0 Å². The topological polar surface area (TPSA) is 93.2 Å². The minimum atomic E-state index is -2.58. The molecule has 0 saturated heterocycles. The highest BCUT2D eigenvalue weighted by Crippen LogP contribution is 2.17. The van der Waals surface area contributed by atoms with Crippen molar-refractivity contribution in [2.45, 2.75) is 40.2 Å². The van der Waals surface area contributed by atoms with Crippen molar-refractivity contribution < 1.29 is 23.1 Å². The van der Waals surface area contributed by atoms with Gasteiger partial charge in [-0.05, 0) is 31.5 Å². The number of pyridine rings is 2. The second kappa shape index (κ2) is 9.90. The number of nitrogens with one attached hydrogen (secondary N) is 2. The molecule has 2 rings (SSSR count). The van der Waals surface area contributed by atoms with E-state index in [0.29, 0.717) is 22.6 Å². The van der Waals surface area contributed by atoms with Crippen LogP contribution in [0.3, 0.4) is 0 Å². The first-order valence-electron chi connectivity index (χ1n) is 9.13. The first kappa shape index (κ1) is 22.2. The van der Waals surface area contributed by atoms with E-state index in [2.05, 4.69) is 20.6 Å². The van der Waals surface area contributed by atoms with Crippen LogP contribution in [0.2, 0.25) is 0 Å². The van der Waals surface area contributed by atoms with Crippen molar-refractivity contribution in [3.8, 4) is 5.88 Å². The summed E-state index contributed by atoms with van der Waals surface area (Å²) in [6, 6.07) is 5.85. The molecule has 1 atom stereocenters. The van der Waals surface area contributed by atoms with Crippen LogP contribution in [0.25, 0.3) is 0 Å². The molecule has 2 aromatic rings. The molecule has 156 valence electrons. The Morgan fingerprint density at radius 1 is 1.17 bits per heavy atom. The number of halogens is 2. The molecule has 2 aromatic heterocycles. The normalized spacial score (nSPS) is 12.0. The Kier molecular flexibility index (Phi) is 7.58. The minimum absolute atomic E-state index is 0.0860. The molecule has 29 heavy (non-hydrogen) atoms. The predicted molar refractivity (Wildman–Crippen MR) is 104 cm³/mol. The second-order valence-corrected chi connectivity index (χ2v) is 6.85. The highest BCUT2D eigenvalue weighted by atomic mass is 19.3. The minimum Gasteiger partial charge on any atom is -0.472 e. The van der Waals surface area contributed by atoms with E-state index in [4.69, 9.17) is 4.74 Å². The summed E-state index contributed by atoms with van der Waals surface area (Å²) in [6.45, 7) is 6.30. The Balaban J connectivity index is 2.05. The van der Waals surface area contributed by atoms with E-state index in [0.717, 1.165) is 0 Å². The molecular formula is C20H24F2N4O3. The van der Waals surface area contributed by atoms with E-state index >= 15 is 0 Å². The molecule has 9 heteroatoms. The van der Waals surface area contributed by atoms with E-state index in [1.54, 1.807) is 39.8 Å². The Morgan fingerprint density at radius 3 is 2.48 bits per heavy atom. The number of alkyl halides is 2. The van der Waals surface area contributed by atoms with E-state index in [1.165, 1.54) is 18.3 Å². The molecule has 2 amide bonds. The van der Waals surface area contributed by atoms with Crippen LogP contribution in [0.1, 0.15) is 48.4 Å². The summed E-state index contributed by atoms with van der Waals surface area (Å²) in [6.07, 6.45) is -1.12. The molecule has 0 aromatic carbocycles. The molecule has 2 N–H and O–H groups in total. The van der Waals surface area contributed by atoms with Gasteiger partial charge in [0.15, 0.2) is 6.61 Å². The molecule has 0 fully saturated rings. The van der Waals surface area contributed by atoms with Gasteiger partial charge in [0.2, 0.25) is 11.8 Å². The lowest BCUT2D eigenvalue weighted by Gasteiger charge is -2.15. The highest BCUT2D eigenvalue weighted by molar-refractivity contribution is 5.97. The number of ether oxygens (including phenoxy) is 1. The number of carbonyl (C=O) groups excluding carboxylic acids is 2. The van der Waals surface area contributed by atoms with Crippen LogP contribution in [-0.4, -0.2) is 34.8 Å². The van der Waals surface area contributed by atoms with Crippen molar-refractivity contribution in [2.75, 3.05) is 11.9 Å². The number of aryl methyl sites for hydroxylation is 1. The zero-order valence-electron chi connectivity index (χ0n) is 16.7. The van der Waals surface area contributed by atoms with Gasteiger partial charge in [-0.15, -0.1) is 0 Å². The van der Waals surface area contributed by atoms with Gasteiger partial charge in [0.05, 0.1) is 6.04 Å². The molecule has 0 spiro atoms. The van der Waals surface area contributed by atoms with Crippen molar-refractivity contribution in [3.05, 3.63) is 47.3 Å². The Hall–Kier alpha value is -3.10. The predicted octanol–water partition coefficient (Wildman–Crippen LogP) is 3.51. The van der Waals surface area contributed by atoms with Gasteiger partial charge < -0.3 is 15.4 Å². The fraction of sp³-hybridized carbons (Fsp3) is 0.400. The summed E-state index contributed by atoms with van der Waals surface area (Å²) in [5, 5.41) is 5.51. The van der Waals surface area contributed by atoms with Gasteiger partial charge in [-0.1, -0.05) is 19.9 Å². The van der Waals surface area contributed by atoms with E-state index < -0.39 is 13.0 Å². The molecule has 7 nitrogen and oxygen atoms in total. The second-order valence-electron chi connectivity index (χ2n) is 6.85. The first-order chi connectivity index (χ1) is 13.7. The summed E-state index contributed by atoms with van der Waals surface area (Å²) in [5.41, 5.74) is 1.63. The average molecular weight is 406 g/mol. The van der Waals surface area contributed by atoms with Crippen LogP contribution in [0, 0.1) is 12.8 Å². The quantitative estimate of drug-likeness (QED) is 0.700. The third-order valence-corrected chi connectivity index (χ3v) is 3.96. The van der Waals surface area contributed by atoms with Crippen LogP contribution < -0.4 is 15.4 Å². The van der Waals surface area contributed by atoms with Crippen molar-refractivity contribution >= 4 is 17.6 Å². The van der Waals surface area contributed by atoms with Crippen LogP contribution in [-0.2, 0) is 4.79 Å². The third kappa shape index (κ3) is 6.78. The molecule has 2 heterocycles. The average Bonchev–Trinajstić information content (AvgIpc) is 2.66. The SMILES string of the molecule is Cc1cc(C(=O)NC(C)c2ccc(OCC(F)F)nc2)cc(NC(=O)C(C)C)n1. The number of nitrogens with zero attached hydrogens (tertiary/aromatic N) is 2. The Morgan fingerprint density at radius 2 is 1.90 bits per heavy atom. The maximum absolute atomic E-state index is 12.6. The number of hydrogen-bond acceptors (Lipinski definition) is 5. The van der Waals surface area contributed by atoms with E-state index in [9.17, 15) is 18.4 Å². The lowest BCUT2D eigenvalue weighted by Crippen LogP contribution is -2.27. The van der Waals surface area contributed by atoms with Gasteiger partial charge in [-0.3, -0.25) is 9.59 Å². The fourth-order valence-electron chi connectivity index (χ4n) is 2.38. The van der Waals surface area contributed by atoms with Gasteiger partial charge >= 0.3 is 0 Å². The number of hydrogen-bond donors (Lipinski definition) is 2. The van der Waals surface area contributed by atoms with Gasteiger partial charge in [-0.25, -0.2) is 18.7 Å². The Labute approximate surface area is 167 Å². The Bertz CT molecular complexity index is 857. The largest absolute Gasteiger partial charge is 0.472 e. The lowest BCUT2D eigenvalue weighted by atomic mass is 10.1. The number of rotatable bonds is 8. The van der Waals surface area contributed by atoms with Crippen LogP contribution in [0.4, 0.5) is 14.6 Å². The van der Waals surface area contributed by atoms with Gasteiger partial charge in [0, 0.05) is 29.4 Å². The van der Waals surface area contributed by atoms with Crippen molar-refractivity contribution in [1.82, 2.24) is 15.3 Å². The molecular weight excluding hydrogens is 382 g/mol. The van der Waals surface area contributed by atoms with Crippen LogP contribution >= 0.6 is 0 Å². The number of amides is 2. The maximum atomic E-state index is 12.6. The summed E-state index contributed by atoms with van der Waals surface area (Å²) < 4.78 is 29.2. The number of carbonyl (C=O) groups is 2. The van der Waals surface area contributed by atoms with Gasteiger partial charge in [0.25, 0.3) is 12.3 Å². The van der Waals surface area contributed by atoms with Gasteiger partial charge in [-0.2, -0.15) is 0 Å². The lowest BCUT2D eigenvalue weighted by molar-refractivity contribution is -0.118. The third-order valence-electron chi connectivity index (χ3n) is 3.96. The van der Waals surface area contributed by atoms with Crippen molar-refractivity contribution in [2.24, 2.45) is 5.92 Å². The zero-order valence-corrected chi connectivity index (χ0v) is 16.7. The summed E-state index contributed by atoms with van der Waals surface area (Å²) in [4.78, 5) is 32.7. The van der Waals surface area contributed by atoms with Crippen molar-refractivity contribution in [3.63, 3.8) is 0 Å². The maximum Gasteiger partial charge on any atom is 0.272 e. The highest BCUT2D eigenvalue weighted by Gasteiger charge is 2.15. The van der Waals surface area contributed by atoms with Gasteiger partial charge in [0.1, 0.15) is 5.82 Å². The van der Waals surface area contributed by atoms with Crippen LogP contribution in [0.15, 0.2) is 30.5 Å². The van der Waals surface area contributed by atoms with Crippen molar-refractivity contribution in [1.29, 1.82) is 0 Å². The number of anilines is 1. The zero-order chi connectivity index (χ0) is 21.6. The summed E-state index contributed by atoms with van der Waals surface area (Å²) >= 11 is 0. The monoisotopic (exact) mass is 406 g/mol. The van der Waals surface area contributed by atoms with E-state index in [-0.39, 0.29) is 29.7 Å². The molecule has 0 bridgehead atoms. The molecule has 0 radical (unpaired) electrons. The first-order valence-corrected chi connectivity index (χ1v) is 9.13. The molecule has 0 aliphatic heterocycles. The molecule has 0 saturated carbocycles. The summed E-state index contributed by atoms with van der Waals surface area (Å²) in [5.74, 6) is -0.356. The standard InChI is InChI=1S/C20H24F2N4O3/c1-11(2)19(27)26-17-8-15(7-12(3)24-17)20(28)25-13(4)14-5-6-18(23-9-14)29-10-16(21)22/h5-9,11,13,16H,10H2,1-4H3,(H,25,28)(H,24,26,27). The smallest absolute Gasteiger partial charge is 0.272 e. The molecule has 0 aliphatic carbocycles. The number of aromatic nitrogens is 2.